The highest BCUT2D eigenvalue weighted by atomic mass is 19.1. The minimum atomic E-state index is -0.394. The Bertz CT molecular complexity index is 889. The molecule has 2 aromatic heterocycles. The Labute approximate surface area is 180 Å². The zero-order valence-corrected chi connectivity index (χ0v) is 17.5. The van der Waals surface area contributed by atoms with Crippen LogP contribution in [0, 0.1) is 11.2 Å². The van der Waals surface area contributed by atoms with Crippen molar-refractivity contribution in [2.24, 2.45) is 5.41 Å². The van der Waals surface area contributed by atoms with Gasteiger partial charge in [0, 0.05) is 51.7 Å². The number of aliphatic hydroxyl groups excluding tert-OH is 1. The number of halogens is 1. The first-order valence-corrected chi connectivity index (χ1v) is 10.9. The predicted octanol–water partition coefficient (Wildman–Crippen LogP) is 1.10. The molecule has 10 heteroatoms. The van der Waals surface area contributed by atoms with Crippen LogP contribution in [0.15, 0.2) is 24.8 Å². The number of anilines is 3. The summed E-state index contributed by atoms with van der Waals surface area (Å²) in [5.74, 6) is 1.34. The SMILES string of the molecule is OC1CN(c2cnccn2)CC2(CCN(c3ncc(F)c(N4CCOCC4)n3)CC2)C1. The van der Waals surface area contributed by atoms with E-state index in [-0.39, 0.29) is 5.41 Å². The van der Waals surface area contributed by atoms with E-state index in [1.165, 1.54) is 6.20 Å². The van der Waals surface area contributed by atoms with E-state index in [9.17, 15) is 9.50 Å². The molecule has 0 amide bonds. The number of β-amino-alcohol motifs (C(OH)–C–C–N with tert-alkyl or cyclic N) is 1. The van der Waals surface area contributed by atoms with Gasteiger partial charge in [0.15, 0.2) is 11.6 Å². The highest BCUT2D eigenvalue weighted by molar-refractivity contribution is 5.46. The summed E-state index contributed by atoms with van der Waals surface area (Å²) in [4.78, 5) is 23.6. The van der Waals surface area contributed by atoms with Gasteiger partial charge in [0.05, 0.1) is 31.7 Å². The monoisotopic (exact) mass is 429 g/mol. The molecule has 9 nitrogen and oxygen atoms in total. The second-order valence-corrected chi connectivity index (χ2v) is 8.73. The van der Waals surface area contributed by atoms with Gasteiger partial charge in [-0.1, -0.05) is 0 Å². The Morgan fingerprint density at radius 3 is 2.55 bits per heavy atom. The molecule has 2 aromatic rings. The Balaban J connectivity index is 1.29. The fourth-order valence-corrected chi connectivity index (χ4v) is 5.02. The molecule has 5 rings (SSSR count). The number of morpholine rings is 1. The van der Waals surface area contributed by atoms with E-state index in [0.717, 1.165) is 44.7 Å². The molecule has 1 N–H and O–H groups in total. The first-order valence-electron chi connectivity index (χ1n) is 10.9. The van der Waals surface area contributed by atoms with Crippen molar-refractivity contribution >= 4 is 17.6 Å². The second kappa shape index (κ2) is 8.51. The van der Waals surface area contributed by atoms with Crippen LogP contribution in [0.5, 0.6) is 0 Å². The van der Waals surface area contributed by atoms with Crippen LogP contribution in [-0.2, 0) is 4.74 Å². The Morgan fingerprint density at radius 1 is 1.00 bits per heavy atom. The molecule has 0 aliphatic carbocycles. The number of rotatable bonds is 3. The molecule has 0 bridgehead atoms. The molecular weight excluding hydrogens is 401 g/mol. The molecule has 3 saturated heterocycles. The van der Waals surface area contributed by atoms with E-state index in [1.807, 2.05) is 4.90 Å². The summed E-state index contributed by atoms with van der Waals surface area (Å²) < 4.78 is 19.8. The minimum Gasteiger partial charge on any atom is -0.391 e. The lowest BCUT2D eigenvalue weighted by Crippen LogP contribution is -2.54. The van der Waals surface area contributed by atoms with E-state index in [4.69, 9.17) is 4.74 Å². The summed E-state index contributed by atoms with van der Waals surface area (Å²) in [6.07, 6.45) is 8.58. The van der Waals surface area contributed by atoms with Crippen molar-refractivity contribution in [3.05, 3.63) is 30.6 Å². The van der Waals surface area contributed by atoms with Gasteiger partial charge in [0.2, 0.25) is 5.95 Å². The third kappa shape index (κ3) is 4.27. The maximum atomic E-state index is 14.4. The Kier molecular flexibility index (Phi) is 5.58. The number of nitrogens with zero attached hydrogens (tertiary/aromatic N) is 7. The molecule has 3 aliphatic heterocycles. The third-order valence-electron chi connectivity index (χ3n) is 6.63. The summed E-state index contributed by atoms with van der Waals surface area (Å²) in [5, 5.41) is 10.6. The molecule has 166 valence electrons. The zero-order valence-electron chi connectivity index (χ0n) is 17.5. The molecule has 5 heterocycles. The number of aliphatic hydroxyl groups is 1. The number of ether oxygens (including phenoxy) is 1. The first-order chi connectivity index (χ1) is 15.1. The van der Waals surface area contributed by atoms with Gasteiger partial charge < -0.3 is 24.5 Å². The first kappa shape index (κ1) is 20.3. The summed E-state index contributed by atoms with van der Waals surface area (Å²) in [6, 6.07) is 0. The van der Waals surface area contributed by atoms with Gasteiger partial charge in [-0.15, -0.1) is 0 Å². The molecule has 0 saturated carbocycles. The smallest absolute Gasteiger partial charge is 0.227 e. The van der Waals surface area contributed by atoms with Crippen molar-refractivity contribution in [1.29, 1.82) is 0 Å². The fraction of sp³-hybridized carbons (Fsp3) is 0.619. The standard InChI is InChI=1S/C21H28FN7O2/c22-17-12-25-20(26-19(17)27-7-9-31-10-8-27)28-5-1-21(2-6-28)11-16(30)14-29(15-21)18-13-23-3-4-24-18/h3-4,12-13,16,30H,1-2,5-11,14-15H2. The molecule has 1 unspecified atom stereocenters. The molecule has 1 spiro atoms. The molecule has 0 radical (unpaired) electrons. The molecule has 0 aromatic carbocycles. The van der Waals surface area contributed by atoms with Crippen molar-refractivity contribution in [3.8, 4) is 0 Å². The highest BCUT2D eigenvalue weighted by Crippen LogP contribution is 2.41. The topological polar surface area (TPSA) is 90.7 Å². The van der Waals surface area contributed by atoms with Crippen molar-refractivity contribution in [3.63, 3.8) is 0 Å². The lowest BCUT2D eigenvalue weighted by Gasteiger charge is -2.49. The van der Waals surface area contributed by atoms with Gasteiger partial charge >= 0.3 is 0 Å². The van der Waals surface area contributed by atoms with Crippen LogP contribution >= 0.6 is 0 Å². The van der Waals surface area contributed by atoms with Crippen molar-refractivity contribution < 1.29 is 14.2 Å². The van der Waals surface area contributed by atoms with Crippen molar-refractivity contribution in [1.82, 2.24) is 19.9 Å². The Hall–Kier alpha value is -2.59. The zero-order chi connectivity index (χ0) is 21.3. The molecule has 31 heavy (non-hydrogen) atoms. The van der Waals surface area contributed by atoms with E-state index < -0.39 is 11.9 Å². The van der Waals surface area contributed by atoms with Gasteiger partial charge in [-0.3, -0.25) is 4.98 Å². The average molecular weight is 430 g/mol. The van der Waals surface area contributed by atoms with Crippen LogP contribution < -0.4 is 14.7 Å². The van der Waals surface area contributed by atoms with E-state index in [2.05, 4.69) is 29.7 Å². The molecular formula is C21H28FN7O2. The fourth-order valence-electron chi connectivity index (χ4n) is 5.02. The van der Waals surface area contributed by atoms with E-state index in [1.54, 1.807) is 18.6 Å². The number of aromatic nitrogens is 4. The summed E-state index contributed by atoms with van der Waals surface area (Å²) in [6.45, 7) is 5.39. The normalized spacial score (nSPS) is 23.9. The lowest BCUT2D eigenvalue weighted by molar-refractivity contribution is 0.0593. The van der Waals surface area contributed by atoms with Crippen LogP contribution in [-0.4, -0.2) is 83.6 Å². The van der Waals surface area contributed by atoms with Gasteiger partial charge in [-0.05, 0) is 24.7 Å². The summed E-state index contributed by atoms with van der Waals surface area (Å²) >= 11 is 0. The van der Waals surface area contributed by atoms with Crippen molar-refractivity contribution in [2.75, 3.05) is 67.2 Å². The van der Waals surface area contributed by atoms with Gasteiger partial charge in [0.1, 0.15) is 5.82 Å². The van der Waals surface area contributed by atoms with E-state index >= 15 is 0 Å². The summed E-state index contributed by atoms with van der Waals surface area (Å²) in [5.41, 5.74) is 0.0127. The van der Waals surface area contributed by atoms with Crippen molar-refractivity contribution in [2.45, 2.75) is 25.4 Å². The molecule has 1 atom stereocenters. The quantitative estimate of drug-likeness (QED) is 0.770. The van der Waals surface area contributed by atoms with Crippen LogP contribution in [0.1, 0.15) is 19.3 Å². The van der Waals surface area contributed by atoms with E-state index in [0.29, 0.717) is 44.6 Å². The van der Waals surface area contributed by atoms with Crippen LogP contribution in [0.2, 0.25) is 0 Å². The average Bonchev–Trinajstić information content (AvgIpc) is 2.81. The molecule has 3 aliphatic rings. The largest absolute Gasteiger partial charge is 0.391 e. The number of hydrogen-bond acceptors (Lipinski definition) is 9. The van der Waals surface area contributed by atoms with Gasteiger partial charge in [-0.2, -0.15) is 4.98 Å². The third-order valence-corrected chi connectivity index (χ3v) is 6.63. The van der Waals surface area contributed by atoms with Gasteiger partial charge in [0.25, 0.3) is 0 Å². The second-order valence-electron chi connectivity index (χ2n) is 8.73. The van der Waals surface area contributed by atoms with Gasteiger partial charge in [-0.25, -0.2) is 14.4 Å². The van der Waals surface area contributed by atoms with Crippen LogP contribution in [0.3, 0.4) is 0 Å². The lowest BCUT2D eigenvalue weighted by atomic mass is 9.71. The number of piperidine rings is 2. The minimum absolute atomic E-state index is 0.0127. The maximum Gasteiger partial charge on any atom is 0.227 e. The predicted molar refractivity (Wildman–Crippen MR) is 114 cm³/mol. The summed E-state index contributed by atoms with van der Waals surface area (Å²) in [7, 11) is 0. The molecule has 3 fully saturated rings. The number of hydrogen-bond donors (Lipinski definition) is 1. The van der Waals surface area contributed by atoms with Crippen LogP contribution in [0.4, 0.5) is 22.0 Å². The maximum absolute atomic E-state index is 14.4. The van der Waals surface area contributed by atoms with Crippen LogP contribution in [0.25, 0.3) is 0 Å². The highest BCUT2D eigenvalue weighted by Gasteiger charge is 2.42. The Morgan fingerprint density at radius 2 is 1.81 bits per heavy atom.